The van der Waals surface area contributed by atoms with Crippen molar-refractivity contribution in [3.8, 4) is 0 Å². The fourth-order valence-electron chi connectivity index (χ4n) is 1.48. The molecule has 0 aliphatic rings. The van der Waals surface area contributed by atoms with Gasteiger partial charge in [-0.25, -0.2) is 9.59 Å². The highest BCUT2D eigenvalue weighted by Gasteiger charge is 2.24. The summed E-state index contributed by atoms with van der Waals surface area (Å²) in [6.07, 6.45) is 0. The van der Waals surface area contributed by atoms with Gasteiger partial charge >= 0.3 is 12.0 Å². The highest BCUT2D eigenvalue weighted by molar-refractivity contribution is 5.89. The van der Waals surface area contributed by atoms with Crippen molar-refractivity contribution in [1.29, 1.82) is 0 Å². The summed E-state index contributed by atoms with van der Waals surface area (Å²) in [7, 11) is 0. The van der Waals surface area contributed by atoms with Gasteiger partial charge in [-0.3, -0.25) is 4.79 Å². The molecule has 1 unspecified atom stereocenters. The maximum absolute atomic E-state index is 11.7. The Morgan fingerprint density at radius 1 is 1.16 bits per heavy atom. The summed E-state index contributed by atoms with van der Waals surface area (Å²) in [6.45, 7) is 1.41. The molecule has 0 aliphatic carbocycles. The summed E-state index contributed by atoms with van der Waals surface area (Å²) in [6, 6.07) is 5.31. The fourth-order valence-corrected chi connectivity index (χ4v) is 1.48. The Bertz CT molecular complexity index is 475. The zero-order valence-corrected chi connectivity index (χ0v) is 10.3. The lowest BCUT2D eigenvalue weighted by atomic mass is 10.1. The van der Waals surface area contributed by atoms with Crippen LogP contribution in [0, 0.1) is 0 Å². The van der Waals surface area contributed by atoms with Crippen molar-refractivity contribution in [2.75, 3.05) is 0 Å². The molecule has 0 heterocycles. The summed E-state index contributed by atoms with van der Waals surface area (Å²) in [5, 5.41) is 13.6. The highest BCUT2D eigenvalue weighted by atomic mass is 16.4. The fraction of sp³-hybridized carbons (Fsp3) is 0.250. The number of benzene rings is 1. The molecule has 0 spiro atoms. The predicted molar refractivity (Wildman–Crippen MR) is 67.1 cm³/mol. The molecule has 7 heteroatoms. The second kappa shape index (κ2) is 6.39. The van der Waals surface area contributed by atoms with Crippen LogP contribution in [0.2, 0.25) is 0 Å². The lowest BCUT2D eigenvalue weighted by Gasteiger charge is -2.18. The maximum Gasteiger partial charge on any atom is 0.330 e. The van der Waals surface area contributed by atoms with Crippen molar-refractivity contribution in [1.82, 2.24) is 10.6 Å². The van der Waals surface area contributed by atoms with E-state index in [-0.39, 0.29) is 0 Å². The number of carbonyl (C=O) groups excluding carboxylic acids is 2. The molecular weight excluding hydrogens is 250 g/mol. The van der Waals surface area contributed by atoms with Crippen LogP contribution in [0.4, 0.5) is 4.79 Å². The molecule has 0 bridgehead atoms. The maximum atomic E-state index is 11.7. The first-order valence-electron chi connectivity index (χ1n) is 5.56. The van der Waals surface area contributed by atoms with Crippen LogP contribution in [-0.4, -0.2) is 29.1 Å². The van der Waals surface area contributed by atoms with Crippen LogP contribution in [-0.2, 0) is 9.59 Å². The minimum absolute atomic E-state index is 0.439. The molecule has 3 amide bonds. The van der Waals surface area contributed by atoms with Gasteiger partial charge in [-0.1, -0.05) is 30.3 Å². The lowest BCUT2D eigenvalue weighted by molar-refractivity contribution is -0.142. The quantitative estimate of drug-likeness (QED) is 0.598. The van der Waals surface area contributed by atoms with Gasteiger partial charge in [0.25, 0.3) is 0 Å². The summed E-state index contributed by atoms with van der Waals surface area (Å²) in [5.74, 6) is -1.82. The first-order chi connectivity index (χ1) is 8.91. The average molecular weight is 265 g/mol. The molecule has 19 heavy (non-hydrogen) atoms. The third-order valence-electron chi connectivity index (χ3n) is 2.42. The van der Waals surface area contributed by atoms with Crippen molar-refractivity contribution in [2.45, 2.75) is 19.0 Å². The van der Waals surface area contributed by atoms with Crippen LogP contribution in [0.3, 0.4) is 0 Å². The number of carboxylic acids is 1. The number of primary amides is 1. The van der Waals surface area contributed by atoms with E-state index in [9.17, 15) is 14.4 Å². The first-order valence-corrected chi connectivity index (χ1v) is 5.56. The van der Waals surface area contributed by atoms with E-state index in [0.29, 0.717) is 5.56 Å². The summed E-state index contributed by atoms with van der Waals surface area (Å²) >= 11 is 0. The number of urea groups is 1. The van der Waals surface area contributed by atoms with Crippen LogP contribution in [0.5, 0.6) is 0 Å². The van der Waals surface area contributed by atoms with Crippen LogP contribution >= 0.6 is 0 Å². The average Bonchev–Trinajstić information content (AvgIpc) is 2.35. The molecular formula is C12H15N3O4. The van der Waals surface area contributed by atoms with E-state index in [2.05, 4.69) is 10.6 Å². The lowest BCUT2D eigenvalue weighted by Crippen LogP contribution is -2.48. The number of hydrogen-bond acceptors (Lipinski definition) is 3. The minimum Gasteiger partial charge on any atom is -0.479 e. The Morgan fingerprint density at radius 2 is 1.74 bits per heavy atom. The summed E-state index contributed by atoms with van der Waals surface area (Å²) < 4.78 is 0. The van der Waals surface area contributed by atoms with Gasteiger partial charge in [0.05, 0.1) is 0 Å². The van der Waals surface area contributed by atoms with Crippen LogP contribution in [0.25, 0.3) is 0 Å². The number of carboxylic acid groups (broad SMARTS) is 1. The molecule has 5 N–H and O–H groups in total. The van der Waals surface area contributed by atoms with E-state index in [0.717, 1.165) is 0 Å². The molecule has 0 fully saturated rings. The van der Waals surface area contributed by atoms with Gasteiger partial charge < -0.3 is 21.5 Å². The van der Waals surface area contributed by atoms with E-state index in [1.165, 1.54) is 6.92 Å². The largest absolute Gasteiger partial charge is 0.479 e. The number of nitrogens with one attached hydrogen (secondary N) is 2. The molecule has 102 valence electrons. The molecule has 1 aromatic carbocycles. The van der Waals surface area contributed by atoms with Gasteiger partial charge in [0, 0.05) is 0 Å². The van der Waals surface area contributed by atoms with Crippen LogP contribution in [0.15, 0.2) is 30.3 Å². The Morgan fingerprint density at radius 3 is 2.21 bits per heavy atom. The van der Waals surface area contributed by atoms with E-state index in [4.69, 9.17) is 10.8 Å². The molecule has 0 aromatic heterocycles. The standard InChI is InChI=1S/C12H15N3O4/c1-7(14-12(13)19)10(16)15-9(11(17)18)8-5-3-2-4-6-8/h2-7,9H,1H3,(H,15,16)(H,17,18)(H3,13,14,19)/t7?,9-/m0/s1. The smallest absolute Gasteiger partial charge is 0.330 e. The van der Waals surface area contributed by atoms with Gasteiger partial charge in [-0.15, -0.1) is 0 Å². The molecule has 7 nitrogen and oxygen atoms in total. The Kier molecular flexibility index (Phi) is 4.87. The van der Waals surface area contributed by atoms with Crippen LogP contribution < -0.4 is 16.4 Å². The SMILES string of the molecule is CC(NC(N)=O)C(=O)N[C@H](C(=O)O)c1ccccc1. The number of nitrogens with two attached hydrogens (primary N) is 1. The number of amides is 3. The van der Waals surface area contributed by atoms with Gasteiger partial charge in [-0.05, 0) is 12.5 Å². The number of aliphatic carboxylic acids is 1. The molecule has 0 aliphatic heterocycles. The van der Waals surface area contributed by atoms with Gasteiger partial charge in [0.2, 0.25) is 5.91 Å². The van der Waals surface area contributed by atoms with Gasteiger partial charge in [0.1, 0.15) is 6.04 Å². The van der Waals surface area contributed by atoms with Crippen LogP contribution in [0.1, 0.15) is 18.5 Å². The van der Waals surface area contributed by atoms with Crippen molar-refractivity contribution in [3.05, 3.63) is 35.9 Å². The topological polar surface area (TPSA) is 122 Å². The zero-order chi connectivity index (χ0) is 14.4. The van der Waals surface area contributed by atoms with Crippen molar-refractivity contribution in [2.24, 2.45) is 5.73 Å². The van der Waals surface area contributed by atoms with E-state index >= 15 is 0 Å². The van der Waals surface area contributed by atoms with E-state index in [1.807, 2.05) is 0 Å². The number of hydrogen-bond donors (Lipinski definition) is 4. The molecule has 0 saturated heterocycles. The summed E-state index contributed by atoms with van der Waals surface area (Å²) in [5.41, 5.74) is 5.33. The van der Waals surface area contributed by atoms with Crippen molar-refractivity contribution < 1.29 is 19.5 Å². The van der Waals surface area contributed by atoms with Gasteiger partial charge in [0.15, 0.2) is 6.04 Å². The molecule has 1 rings (SSSR count). The third-order valence-corrected chi connectivity index (χ3v) is 2.42. The normalized spacial score (nSPS) is 13.1. The second-order valence-electron chi connectivity index (χ2n) is 3.92. The molecule has 0 saturated carbocycles. The minimum atomic E-state index is -1.19. The van der Waals surface area contributed by atoms with E-state index in [1.54, 1.807) is 30.3 Å². The molecule has 1 aromatic rings. The molecule has 0 radical (unpaired) electrons. The van der Waals surface area contributed by atoms with Crippen molar-refractivity contribution in [3.63, 3.8) is 0 Å². The zero-order valence-electron chi connectivity index (χ0n) is 10.3. The Balaban J connectivity index is 2.78. The Labute approximate surface area is 109 Å². The highest BCUT2D eigenvalue weighted by Crippen LogP contribution is 2.12. The predicted octanol–water partition coefficient (Wildman–Crippen LogP) is -0.0147. The van der Waals surface area contributed by atoms with Gasteiger partial charge in [-0.2, -0.15) is 0 Å². The first kappa shape index (κ1) is 14.5. The third kappa shape index (κ3) is 4.30. The summed E-state index contributed by atoms with van der Waals surface area (Å²) in [4.78, 5) is 33.5. The second-order valence-corrected chi connectivity index (χ2v) is 3.92. The Hall–Kier alpha value is -2.57. The monoisotopic (exact) mass is 265 g/mol. The van der Waals surface area contributed by atoms with Crippen molar-refractivity contribution >= 4 is 17.9 Å². The number of rotatable bonds is 5. The van der Waals surface area contributed by atoms with E-state index < -0.39 is 30.0 Å². The molecule has 2 atom stereocenters. The number of carbonyl (C=O) groups is 3.